The number of aliphatic hydroxyl groups is 2. The van der Waals surface area contributed by atoms with Crippen LogP contribution in [0.4, 0.5) is 5.82 Å². The number of phosphoric ester groups is 3. The lowest BCUT2D eigenvalue weighted by molar-refractivity contribution is -0.144. The minimum Gasteiger partial charge on any atom is -0.481 e. The fourth-order valence-corrected chi connectivity index (χ4v) is 8.83. The van der Waals surface area contributed by atoms with Crippen LogP contribution in [0.3, 0.4) is 0 Å². The first-order valence-electron chi connectivity index (χ1n) is 16.6. The molecule has 26 nitrogen and oxygen atoms in total. The van der Waals surface area contributed by atoms with Crippen LogP contribution in [0.15, 0.2) is 12.7 Å². The number of imidazole rings is 1. The number of aromatic nitrogens is 4. The highest BCUT2D eigenvalue weighted by Gasteiger charge is 2.57. The standard InChI is InChI=1S/C27H44N7O19P3S/c1-5-14(24(39)40)25(41)57-9-8-29-16(35)6-7-30-23(38)20(37)26(2,3)11-50-56(47,48)53-55(45,46)49-10-15-18(52-54(42,43)44)19(36)27(4,51-15)34-13-33-17-21(28)31-12-32-22(17)34/h12-15,18-20,36-37H,5-11H2,1-4H3,(H,29,35)(H,30,38)(H,39,40)(H,45,46)(H,47,48)(H2,28,31,32)(H2,42,43,44). The molecule has 8 unspecified atom stereocenters. The average Bonchev–Trinajstić information content (AvgIpc) is 3.64. The minimum atomic E-state index is -5.61. The van der Waals surface area contributed by atoms with Crippen LogP contribution in [0.2, 0.25) is 0 Å². The van der Waals surface area contributed by atoms with E-state index in [1.54, 1.807) is 6.92 Å². The Morgan fingerprint density at radius 2 is 1.72 bits per heavy atom. The number of amides is 2. The second kappa shape index (κ2) is 19.4. The second-order valence-corrected chi connectivity index (χ2v) is 18.4. The number of carbonyl (C=O) groups excluding carboxylic acids is 3. The van der Waals surface area contributed by atoms with Gasteiger partial charge in [0.25, 0.3) is 0 Å². The molecule has 0 aromatic carbocycles. The van der Waals surface area contributed by atoms with Crippen LogP contribution in [0.25, 0.3) is 11.2 Å². The van der Waals surface area contributed by atoms with E-state index in [9.17, 15) is 62.7 Å². The molecule has 0 radical (unpaired) electrons. The topological polar surface area (TPSA) is 401 Å². The summed E-state index contributed by atoms with van der Waals surface area (Å²) < 4.78 is 62.5. The zero-order chi connectivity index (χ0) is 43.1. The molecule has 0 spiro atoms. The van der Waals surface area contributed by atoms with Crippen LogP contribution >= 0.6 is 35.2 Å². The van der Waals surface area contributed by atoms with E-state index < -0.39 is 101 Å². The third-order valence-electron chi connectivity index (χ3n) is 8.22. The van der Waals surface area contributed by atoms with Gasteiger partial charge in [-0.15, -0.1) is 0 Å². The number of carboxylic acid groups (broad SMARTS) is 1. The van der Waals surface area contributed by atoms with Crippen LogP contribution in [0.1, 0.15) is 40.5 Å². The smallest absolute Gasteiger partial charge is 0.481 e. The number of carbonyl (C=O) groups is 4. The van der Waals surface area contributed by atoms with Gasteiger partial charge in [-0.1, -0.05) is 32.5 Å². The molecule has 1 fully saturated rings. The van der Waals surface area contributed by atoms with Crippen molar-refractivity contribution in [3.63, 3.8) is 0 Å². The monoisotopic (exact) mass is 895 g/mol. The van der Waals surface area contributed by atoms with Gasteiger partial charge in [0.05, 0.1) is 19.5 Å². The maximum Gasteiger partial charge on any atom is 0.481 e. The summed E-state index contributed by atoms with van der Waals surface area (Å²) in [5, 5.41) is 34.9. The van der Waals surface area contributed by atoms with Crippen molar-refractivity contribution in [3.05, 3.63) is 12.7 Å². The summed E-state index contributed by atoms with van der Waals surface area (Å²) in [5.74, 6) is -3.93. The summed E-state index contributed by atoms with van der Waals surface area (Å²) in [6.45, 7) is 2.89. The Hall–Kier alpha value is -2.97. The minimum absolute atomic E-state index is 0.00700. The lowest BCUT2D eigenvalue weighted by Crippen LogP contribution is -2.46. The molecule has 30 heteroatoms. The third kappa shape index (κ3) is 13.3. The Labute approximate surface area is 327 Å². The predicted octanol–water partition coefficient (Wildman–Crippen LogP) is -1.05. The van der Waals surface area contributed by atoms with E-state index in [0.29, 0.717) is 0 Å². The zero-order valence-electron chi connectivity index (χ0n) is 30.6. The molecule has 0 saturated carbocycles. The number of fused-ring (bicyclic) bond motifs is 1. The molecule has 3 rings (SSSR count). The summed E-state index contributed by atoms with van der Waals surface area (Å²) >= 11 is 0.750. The number of hydrogen-bond donors (Lipinski definition) is 10. The van der Waals surface area contributed by atoms with Crippen molar-refractivity contribution >= 4 is 75.1 Å². The summed E-state index contributed by atoms with van der Waals surface area (Å²) in [7, 11) is -16.5. The largest absolute Gasteiger partial charge is 0.481 e. The number of anilines is 1. The summed E-state index contributed by atoms with van der Waals surface area (Å²) in [6.07, 6.45) is -5.58. The Balaban J connectivity index is 1.52. The van der Waals surface area contributed by atoms with Gasteiger partial charge >= 0.3 is 29.4 Å². The fourth-order valence-electron chi connectivity index (χ4n) is 5.14. The quantitative estimate of drug-likeness (QED) is 0.0383. The van der Waals surface area contributed by atoms with Gasteiger partial charge < -0.3 is 56.0 Å². The molecular weight excluding hydrogens is 851 g/mol. The average molecular weight is 896 g/mol. The summed E-state index contributed by atoms with van der Waals surface area (Å²) in [5.41, 5.74) is 2.22. The number of nitrogens with one attached hydrogen (secondary N) is 2. The number of hydrogen-bond acceptors (Lipinski definition) is 19. The molecule has 2 aromatic heterocycles. The summed E-state index contributed by atoms with van der Waals surface area (Å²) in [4.78, 5) is 98.8. The van der Waals surface area contributed by atoms with Crippen LogP contribution in [0.5, 0.6) is 0 Å². The maximum atomic E-state index is 12.7. The number of ether oxygens (including phenoxy) is 1. The molecule has 11 N–H and O–H groups in total. The van der Waals surface area contributed by atoms with Gasteiger partial charge in [0.15, 0.2) is 17.2 Å². The highest BCUT2D eigenvalue weighted by Crippen LogP contribution is 2.61. The Morgan fingerprint density at radius 1 is 1.07 bits per heavy atom. The number of nitrogens with zero attached hydrogens (tertiary/aromatic N) is 4. The van der Waals surface area contributed by atoms with E-state index in [-0.39, 0.29) is 48.7 Å². The predicted molar refractivity (Wildman–Crippen MR) is 193 cm³/mol. The first kappa shape index (κ1) is 48.4. The second-order valence-electron chi connectivity index (χ2n) is 13.1. The van der Waals surface area contributed by atoms with Gasteiger partial charge in [0.2, 0.25) is 16.9 Å². The molecule has 1 aliphatic heterocycles. The van der Waals surface area contributed by atoms with Crippen molar-refractivity contribution in [3.8, 4) is 0 Å². The van der Waals surface area contributed by atoms with Gasteiger partial charge in [-0.2, -0.15) is 4.31 Å². The molecule has 2 amide bonds. The van der Waals surface area contributed by atoms with E-state index in [2.05, 4.69) is 29.9 Å². The molecule has 3 heterocycles. The number of nitrogen functional groups attached to an aromatic ring is 1. The molecule has 1 saturated heterocycles. The summed E-state index contributed by atoms with van der Waals surface area (Å²) in [6, 6.07) is 0. The van der Waals surface area contributed by atoms with Crippen LogP contribution in [-0.4, -0.2) is 134 Å². The number of nitrogens with two attached hydrogens (primary N) is 1. The lowest BCUT2D eigenvalue weighted by Gasteiger charge is -2.30. The molecule has 0 bridgehead atoms. The number of carboxylic acids is 1. The maximum absolute atomic E-state index is 12.7. The first-order valence-corrected chi connectivity index (χ1v) is 22.1. The molecule has 0 aliphatic carbocycles. The number of thioether (sulfide) groups is 1. The van der Waals surface area contributed by atoms with E-state index >= 15 is 0 Å². The van der Waals surface area contributed by atoms with Gasteiger partial charge in [0.1, 0.15) is 42.2 Å². The van der Waals surface area contributed by atoms with E-state index in [4.69, 9.17) is 29.1 Å². The van der Waals surface area contributed by atoms with E-state index in [1.807, 2.05) is 0 Å². The number of phosphoric acid groups is 3. The van der Waals surface area contributed by atoms with Crippen molar-refractivity contribution in [2.45, 2.75) is 70.7 Å². The van der Waals surface area contributed by atoms with E-state index in [0.717, 1.165) is 29.0 Å². The highest BCUT2D eigenvalue weighted by molar-refractivity contribution is 8.13. The zero-order valence-corrected chi connectivity index (χ0v) is 34.1. The molecular formula is C27H44N7O19P3S. The van der Waals surface area contributed by atoms with Crippen LogP contribution < -0.4 is 16.4 Å². The van der Waals surface area contributed by atoms with E-state index in [1.165, 1.54) is 20.8 Å². The van der Waals surface area contributed by atoms with Crippen LogP contribution in [-0.2, 0) is 61.2 Å². The van der Waals surface area contributed by atoms with Crippen LogP contribution in [0, 0.1) is 11.3 Å². The fraction of sp³-hybridized carbons (Fsp3) is 0.667. The Morgan fingerprint density at radius 3 is 2.33 bits per heavy atom. The first-order chi connectivity index (χ1) is 26.2. The van der Waals surface area contributed by atoms with Gasteiger partial charge in [-0.3, -0.25) is 37.3 Å². The van der Waals surface area contributed by atoms with Gasteiger partial charge in [-0.05, 0) is 13.3 Å². The Bertz CT molecular complexity index is 1930. The normalized spacial score (nSPS) is 23.3. The number of aliphatic carboxylic acids is 1. The number of rotatable bonds is 22. The van der Waals surface area contributed by atoms with Crippen molar-refractivity contribution < 1.29 is 90.4 Å². The molecule has 8 atom stereocenters. The van der Waals surface area contributed by atoms with Gasteiger partial charge in [-0.25, -0.2) is 28.6 Å². The number of aliphatic hydroxyl groups excluding tert-OH is 2. The SMILES string of the molecule is CCC(C(=O)O)C(=O)SCCNC(=O)CCNC(=O)C(O)C(C)(C)COP(=O)(O)OP(=O)(O)OCC1OC(C)(n2cnc3c(N)ncnc32)C(O)C1OP(=O)(O)O. The molecule has 1 aliphatic rings. The highest BCUT2D eigenvalue weighted by atomic mass is 32.2. The molecule has 57 heavy (non-hydrogen) atoms. The van der Waals surface area contributed by atoms with Crippen molar-refractivity contribution in [2.24, 2.45) is 11.3 Å². The molecule has 2 aromatic rings. The molecule has 322 valence electrons. The van der Waals surface area contributed by atoms with Crippen molar-refractivity contribution in [1.82, 2.24) is 30.2 Å². The third-order valence-corrected chi connectivity index (χ3v) is 12.3. The van der Waals surface area contributed by atoms with Gasteiger partial charge in [0, 0.05) is 30.7 Å². The van der Waals surface area contributed by atoms with Crippen molar-refractivity contribution in [2.75, 3.05) is 37.8 Å². The Kier molecular flexibility index (Phi) is 16.5. The van der Waals surface area contributed by atoms with Crippen molar-refractivity contribution in [1.29, 1.82) is 0 Å². The lowest BCUT2D eigenvalue weighted by atomic mass is 9.87.